The third-order valence-electron chi connectivity index (χ3n) is 5.94. The van der Waals surface area contributed by atoms with Crippen LogP contribution >= 0.6 is 0 Å². The van der Waals surface area contributed by atoms with Crippen molar-refractivity contribution in [3.05, 3.63) is 81.3 Å². The topological polar surface area (TPSA) is 125 Å². The van der Waals surface area contributed by atoms with Crippen LogP contribution in [0.4, 0.5) is 20.6 Å². The van der Waals surface area contributed by atoms with E-state index in [1.165, 1.54) is 52.3 Å². The highest BCUT2D eigenvalue weighted by molar-refractivity contribution is 6.05. The Kier molecular flexibility index (Phi) is 6.01. The molecule has 2 aliphatic heterocycles. The van der Waals surface area contributed by atoms with Crippen LogP contribution in [0.5, 0.6) is 0 Å². The third kappa shape index (κ3) is 4.07. The van der Waals surface area contributed by atoms with Gasteiger partial charge in [0.05, 0.1) is 28.8 Å². The van der Waals surface area contributed by atoms with Crippen LogP contribution in [0.25, 0.3) is 0 Å². The SMILES string of the molecule is CCN1C(=O)N[C@@H](c2cccc([N+](=O)[O-])c2)C2=C1CN([C@@H](C)C(=O)Nc1ccc(F)cc1)C2=O. The van der Waals surface area contributed by atoms with Crippen molar-refractivity contribution >= 4 is 29.2 Å². The Bertz CT molecular complexity index is 1210. The molecule has 0 spiro atoms. The molecule has 4 amide bonds. The first kappa shape index (κ1) is 22.9. The summed E-state index contributed by atoms with van der Waals surface area (Å²) in [5, 5.41) is 16.6. The fourth-order valence-corrected chi connectivity index (χ4v) is 4.15. The number of likely N-dealkylation sites (N-methyl/N-ethyl adjacent to an activating group) is 1. The predicted octanol–water partition coefficient (Wildman–Crippen LogP) is 2.94. The Labute approximate surface area is 194 Å². The Hall–Kier alpha value is -4.28. The minimum Gasteiger partial charge on any atom is -0.326 e. The molecule has 0 fully saturated rings. The van der Waals surface area contributed by atoms with Crippen LogP contribution < -0.4 is 10.6 Å². The van der Waals surface area contributed by atoms with Gasteiger partial charge in [-0.2, -0.15) is 0 Å². The first-order valence-electron chi connectivity index (χ1n) is 10.6. The maximum absolute atomic E-state index is 13.5. The predicted molar refractivity (Wildman–Crippen MR) is 120 cm³/mol. The molecule has 0 aromatic heterocycles. The van der Waals surface area contributed by atoms with Crippen molar-refractivity contribution in [1.29, 1.82) is 0 Å². The average molecular weight is 467 g/mol. The quantitative estimate of drug-likeness (QED) is 0.499. The lowest BCUT2D eigenvalue weighted by molar-refractivity contribution is -0.384. The zero-order valence-corrected chi connectivity index (χ0v) is 18.4. The van der Waals surface area contributed by atoms with E-state index in [0.29, 0.717) is 23.5 Å². The molecule has 11 heteroatoms. The molecule has 0 unspecified atom stereocenters. The molecule has 0 saturated heterocycles. The van der Waals surface area contributed by atoms with Crippen molar-refractivity contribution in [3.8, 4) is 0 Å². The van der Waals surface area contributed by atoms with E-state index in [1.807, 2.05) is 0 Å². The number of non-ortho nitro benzene ring substituents is 1. The summed E-state index contributed by atoms with van der Waals surface area (Å²) in [7, 11) is 0. The molecule has 34 heavy (non-hydrogen) atoms. The van der Waals surface area contributed by atoms with Gasteiger partial charge >= 0.3 is 6.03 Å². The second-order valence-corrected chi connectivity index (χ2v) is 7.94. The fraction of sp³-hybridized carbons (Fsp3) is 0.261. The molecule has 0 bridgehead atoms. The number of rotatable bonds is 6. The zero-order chi connectivity index (χ0) is 24.6. The van der Waals surface area contributed by atoms with E-state index in [9.17, 15) is 28.9 Å². The molecule has 176 valence electrons. The molecule has 0 radical (unpaired) electrons. The van der Waals surface area contributed by atoms with Gasteiger partial charge in [0.2, 0.25) is 5.91 Å². The number of carbonyl (C=O) groups is 3. The van der Waals surface area contributed by atoms with Crippen LogP contribution in [-0.2, 0) is 9.59 Å². The Morgan fingerprint density at radius 2 is 1.97 bits per heavy atom. The summed E-state index contributed by atoms with van der Waals surface area (Å²) in [4.78, 5) is 52.5. The second-order valence-electron chi connectivity index (χ2n) is 7.94. The number of nitrogens with one attached hydrogen (secondary N) is 2. The van der Waals surface area contributed by atoms with Gasteiger partial charge < -0.3 is 15.5 Å². The van der Waals surface area contributed by atoms with Gasteiger partial charge in [-0.3, -0.25) is 24.6 Å². The van der Waals surface area contributed by atoms with Crippen LogP contribution in [0.15, 0.2) is 59.8 Å². The van der Waals surface area contributed by atoms with E-state index >= 15 is 0 Å². The summed E-state index contributed by atoms with van der Waals surface area (Å²) >= 11 is 0. The highest BCUT2D eigenvalue weighted by Gasteiger charge is 2.46. The largest absolute Gasteiger partial charge is 0.326 e. The zero-order valence-electron chi connectivity index (χ0n) is 18.4. The monoisotopic (exact) mass is 467 g/mol. The number of urea groups is 1. The van der Waals surface area contributed by atoms with Crippen LogP contribution in [0.2, 0.25) is 0 Å². The van der Waals surface area contributed by atoms with Crippen molar-refractivity contribution in [1.82, 2.24) is 15.1 Å². The van der Waals surface area contributed by atoms with Crippen LogP contribution in [-0.4, -0.2) is 51.7 Å². The van der Waals surface area contributed by atoms with Gasteiger partial charge in [-0.15, -0.1) is 0 Å². The van der Waals surface area contributed by atoms with Gasteiger partial charge in [0, 0.05) is 24.4 Å². The fourth-order valence-electron chi connectivity index (χ4n) is 4.15. The minimum absolute atomic E-state index is 0.0266. The van der Waals surface area contributed by atoms with Crippen LogP contribution in [0, 0.1) is 15.9 Å². The smallest absolute Gasteiger partial charge is 0.322 e. The standard InChI is InChI=1S/C23H22FN5O5/c1-3-27-18-12-28(13(2)21(30)25-16-9-7-15(24)8-10-16)22(31)19(18)20(26-23(27)32)14-5-4-6-17(11-14)29(33)34/h4-11,13,20H,3,12H2,1-2H3,(H,25,30)(H,26,32)/t13-,20-/m0/s1. The maximum atomic E-state index is 13.5. The number of hydrogen-bond donors (Lipinski definition) is 2. The van der Waals surface area contributed by atoms with E-state index in [2.05, 4.69) is 10.6 Å². The number of hydrogen-bond acceptors (Lipinski definition) is 5. The number of benzene rings is 2. The molecule has 2 atom stereocenters. The Balaban J connectivity index is 1.63. The molecule has 0 aliphatic carbocycles. The van der Waals surface area contributed by atoms with Crippen LogP contribution in [0.1, 0.15) is 25.5 Å². The normalized spacial score (nSPS) is 18.5. The molecule has 4 rings (SSSR count). The molecule has 2 aliphatic rings. The van der Waals surface area contributed by atoms with Gasteiger partial charge in [0.1, 0.15) is 11.9 Å². The van der Waals surface area contributed by atoms with E-state index in [0.717, 1.165) is 0 Å². The van der Waals surface area contributed by atoms with Gasteiger partial charge in [-0.05, 0) is 43.7 Å². The number of halogens is 1. The lowest BCUT2D eigenvalue weighted by atomic mass is 9.95. The summed E-state index contributed by atoms with van der Waals surface area (Å²) in [6.45, 7) is 3.64. The highest BCUT2D eigenvalue weighted by atomic mass is 19.1. The van der Waals surface area contributed by atoms with E-state index in [4.69, 9.17) is 0 Å². The molecule has 0 saturated carbocycles. The summed E-state index contributed by atoms with van der Waals surface area (Å²) in [5.74, 6) is -1.37. The number of nitrogens with zero attached hydrogens (tertiary/aromatic N) is 3. The lowest BCUT2D eigenvalue weighted by Crippen LogP contribution is -2.47. The number of anilines is 1. The number of nitro benzene ring substituents is 1. The van der Waals surface area contributed by atoms with Gasteiger partial charge in [0.25, 0.3) is 11.6 Å². The number of carbonyl (C=O) groups excluding carboxylic acids is 3. The van der Waals surface area contributed by atoms with Gasteiger partial charge in [-0.25, -0.2) is 9.18 Å². The van der Waals surface area contributed by atoms with Crippen molar-refractivity contribution < 1.29 is 23.7 Å². The van der Waals surface area contributed by atoms with Crippen molar-refractivity contribution in [2.24, 2.45) is 0 Å². The summed E-state index contributed by atoms with van der Waals surface area (Å²) in [6.07, 6.45) is 0. The first-order valence-corrected chi connectivity index (χ1v) is 10.6. The summed E-state index contributed by atoms with van der Waals surface area (Å²) < 4.78 is 13.2. The Morgan fingerprint density at radius 1 is 1.26 bits per heavy atom. The Morgan fingerprint density at radius 3 is 2.62 bits per heavy atom. The molecule has 10 nitrogen and oxygen atoms in total. The average Bonchev–Trinajstić information content (AvgIpc) is 3.16. The van der Waals surface area contributed by atoms with E-state index in [1.54, 1.807) is 19.9 Å². The van der Waals surface area contributed by atoms with Gasteiger partial charge in [0.15, 0.2) is 0 Å². The van der Waals surface area contributed by atoms with Crippen molar-refractivity contribution in [3.63, 3.8) is 0 Å². The number of nitro groups is 1. The highest BCUT2D eigenvalue weighted by Crippen LogP contribution is 2.37. The molecule has 2 aromatic carbocycles. The second kappa shape index (κ2) is 8.93. The molecule has 2 heterocycles. The lowest BCUT2D eigenvalue weighted by Gasteiger charge is -2.32. The molecule has 2 N–H and O–H groups in total. The number of amides is 4. The van der Waals surface area contributed by atoms with E-state index in [-0.39, 0.29) is 17.8 Å². The third-order valence-corrected chi connectivity index (χ3v) is 5.94. The van der Waals surface area contributed by atoms with Gasteiger partial charge in [-0.1, -0.05) is 12.1 Å². The van der Waals surface area contributed by atoms with Crippen molar-refractivity contribution in [2.75, 3.05) is 18.4 Å². The van der Waals surface area contributed by atoms with Crippen molar-refractivity contribution in [2.45, 2.75) is 25.9 Å². The van der Waals surface area contributed by atoms with Crippen LogP contribution in [0.3, 0.4) is 0 Å². The molecule has 2 aromatic rings. The maximum Gasteiger partial charge on any atom is 0.322 e. The molecular weight excluding hydrogens is 445 g/mol. The first-order chi connectivity index (χ1) is 16.2. The summed E-state index contributed by atoms with van der Waals surface area (Å²) in [5.41, 5.74) is 1.33. The minimum atomic E-state index is -0.900. The van der Waals surface area contributed by atoms with E-state index < -0.39 is 40.7 Å². The molecular formula is C23H22FN5O5. The summed E-state index contributed by atoms with van der Waals surface area (Å²) in [6, 6.07) is 8.75.